The number of halogens is 1. The van der Waals surface area contributed by atoms with Crippen molar-refractivity contribution in [3.63, 3.8) is 0 Å². The molecule has 6 heteroatoms. The third-order valence-electron chi connectivity index (χ3n) is 3.78. The number of hydrogen-bond donors (Lipinski definition) is 2. The Balaban J connectivity index is 2.24. The van der Waals surface area contributed by atoms with Crippen LogP contribution in [-0.4, -0.2) is 14.5 Å². The Bertz CT molecular complexity index is 597. The van der Waals surface area contributed by atoms with E-state index >= 15 is 0 Å². The molecule has 2 rings (SSSR count). The monoisotopic (exact) mass is 360 g/mol. The van der Waals surface area contributed by atoms with E-state index in [0.29, 0.717) is 21.6 Å². The number of benzene rings is 1. The van der Waals surface area contributed by atoms with Crippen LogP contribution in [0.4, 0.5) is 5.69 Å². The van der Waals surface area contributed by atoms with Crippen LogP contribution in [0.15, 0.2) is 21.5 Å². The molecule has 0 aromatic heterocycles. The summed E-state index contributed by atoms with van der Waals surface area (Å²) in [5.74, 6) is 0.691. The van der Waals surface area contributed by atoms with Gasteiger partial charge in [-0.05, 0) is 43.4 Å². The third-order valence-corrected chi connectivity index (χ3v) is 5.89. The average molecular weight is 361 g/mol. The van der Waals surface area contributed by atoms with Crippen LogP contribution < -0.4 is 10.5 Å². The van der Waals surface area contributed by atoms with Crippen molar-refractivity contribution in [2.24, 2.45) is 5.92 Å². The van der Waals surface area contributed by atoms with E-state index in [1.54, 1.807) is 19.1 Å². The molecule has 4 nitrogen and oxygen atoms in total. The zero-order chi connectivity index (χ0) is 14.9. The quantitative estimate of drug-likeness (QED) is 0.765. The van der Waals surface area contributed by atoms with Gasteiger partial charge in [0.2, 0.25) is 10.0 Å². The van der Waals surface area contributed by atoms with Gasteiger partial charge in [-0.2, -0.15) is 0 Å². The first-order chi connectivity index (χ1) is 9.33. The maximum absolute atomic E-state index is 12.5. The van der Waals surface area contributed by atoms with Gasteiger partial charge in [-0.25, -0.2) is 13.1 Å². The maximum atomic E-state index is 12.5. The first kappa shape index (κ1) is 15.8. The fourth-order valence-corrected chi connectivity index (χ4v) is 4.55. The summed E-state index contributed by atoms with van der Waals surface area (Å²) < 4.78 is 28.6. The maximum Gasteiger partial charge on any atom is 0.241 e. The standard InChI is InChI=1S/C14H21BrN2O2S/c1-3-12(6-10-4-5-10)17-20(18,19)14-8-11(15)7-13(16)9(14)2/h7-8,10,12,17H,3-6,16H2,1-2H3. The van der Waals surface area contributed by atoms with Crippen molar-refractivity contribution in [2.75, 3.05) is 5.73 Å². The lowest BCUT2D eigenvalue weighted by atomic mass is 10.1. The Morgan fingerprint density at radius 1 is 1.45 bits per heavy atom. The Morgan fingerprint density at radius 3 is 2.65 bits per heavy atom. The van der Waals surface area contributed by atoms with E-state index in [9.17, 15) is 8.42 Å². The molecule has 1 aliphatic carbocycles. The number of sulfonamides is 1. The number of nitrogen functional groups attached to an aromatic ring is 1. The highest BCUT2D eigenvalue weighted by atomic mass is 79.9. The lowest BCUT2D eigenvalue weighted by Crippen LogP contribution is -2.35. The Hall–Kier alpha value is -0.590. The summed E-state index contributed by atoms with van der Waals surface area (Å²) in [7, 11) is -3.53. The van der Waals surface area contributed by atoms with E-state index < -0.39 is 10.0 Å². The van der Waals surface area contributed by atoms with E-state index in [1.165, 1.54) is 12.8 Å². The van der Waals surface area contributed by atoms with Crippen molar-refractivity contribution < 1.29 is 8.42 Å². The topological polar surface area (TPSA) is 72.2 Å². The van der Waals surface area contributed by atoms with Crippen molar-refractivity contribution in [1.29, 1.82) is 0 Å². The van der Waals surface area contributed by atoms with Gasteiger partial charge < -0.3 is 5.73 Å². The summed E-state index contributed by atoms with van der Waals surface area (Å²) in [6.07, 6.45) is 4.18. The lowest BCUT2D eigenvalue weighted by molar-refractivity contribution is 0.495. The second kappa shape index (κ2) is 6.03. The van der Waals surface area contributed by atoms with E-state index in [1.807, 2.05) is 6.92 Å². The second-order valence-corrected chi connectivity index (χ2v) is 8.12. The molecule has 0 radical (unpaired) electrons. The number of anilines is 1. The van der Waals surface area contributed by atoms with Crippen molar-refractivity contribution in [1.82, 2.24) is 4.72 Å². The van der Waals surface area contributed by atoms with Crippen molar-refractivity contribution in [2.45, 2.75) is 50.5 Å². The minimum Gasteiger partial charge on any atom is -0.398 e. The Labute approximate surface area is 129 Å². The zero-order valence-electron chi connectivity index (χ0n) is 11.8. The van der Waals surface area contributed by atoms with Crippen molar-refractivity contribution >= 4 is 31.6 Å². The molecular formula is C14H21BrN2O2S. The van der Waals surface area contributed by atoms with Gasteiger partial charge in [-0.3, -0.25) is 0 Å². The van der Waals surface area contributed by atoms with Gasteiger partial charge in [0.25, 0.3) is 0 Å². The molecule has 1 aromatic rings. The molecule has 0 bridgehead atoms. The number of nitrogens with one attached hydrogen (secondary N) is 1. The summed E-state index contributed by atoms with van der Waals surface area (Å²) in [5, 5.41) is 0. The van der Waals surface area contributed by atoms with Gasteiger partial charge in [-0.15, -0.1) is 0 Å². The van der Waals surface area contributed by atoms with Gasteiger partial charge in [0.05, 0.1) is 4.90 Å². The summed E-state index contributed by atoms with van der Waals surface area (Å²) in [5.41, 5.74) is 6.93. The van der Waals surface area contributed by atoms with E-state index in [2.05, 4.69) is 20.7 Å². The van der Waals surface area contributed by atoms with Crippen LogP contribution in [0.2, 0.25) is 0 Å². The van der Waals surface area contributed by atoms with Crippen molar-refractivity contribution in [3.8, 4) is 0 Å². The first-order valence-corrected chi connectivity index (χ1v) is 9.19. The van der Waals surface area contributed by atoms with Crippen LogP contribution in [0, 0.1) is 12.8 Å². The van der Waals surface area contributed by atoms with E-state index in [4.69, 9.17) is 5.73 Å². The predicted molar refractivity (Wildman–Crippen MR) is 85.0 cm³/mol. The summed E-state index contributed by atoms with van der Waals surface area (Å²) >= 11 is 3.30. The summed E-state index contributed by atoms with van der Waals surface area (Å²) in [6.45, 7) is 3.75. The molecule has 112 valence electrons. The molecule has 0 aliphatic heterocycles. The molecule has 0 saturated heterocycles. The fourth-order valence-electron chi connectivity index (χ4n) is 2.29. The molecule has 1 unspecified atom stereocenters. The van der Waals surface area contributed by atoms with Gasteiger partial charge in [0, 0.05) is 16.2 Å². The van der Waals surface area contributed by atoms with Crippen LogP contribution in [0.1, 0.15) is 38.2 Å². The van der Waals surface area contributed by atoms with Gasteiger partial charge >= 0.3 is 0 Å². The van der Waals surface area contributed by atoms with Crippen LogP contribution in [0.25, 0.3) is 0 Å². The van der Waals surface area contributed by atoms with Gasteiger partial charge in [0.1, 0.15) is 0 Å². The Kier molecular flexibility index (Phi) is 4.76. The minimum atomic E-state index is -3.53. The SMILES string of the molecule is CCC(CC1CC1)NS(=O)(=O)c1cc(Br)cc(N)c1C. The molecule has 0 amide bonds. The molecule has 0 heterocycles. The van der Waals surface area contributed by atoms with E-state index in [0.717, 1.165) is 12.8 Å². The van der Waals surface area contributed by atoms with Crippen molar-refractivity contribution in [3.05, 3.63) is 22.2 Å². The molecule has 3 N–H and O–H groups in total. The second-order valence-electron chi connectivity index (χ2n) is 5.52. The highest BCUT2D eigenvalue weighted by Gasteiger charge is 2.28. The molecule has 20 heavy (non-hydrogen) atoms. The van der Waals surface area contributed by atoms with Gasteiger partial charge in [0.15, 0.2) is 0 Å². The number of hydrogen-bond acceptors (Lipinski definition) is 3. The highest BCUT2D eigenvalue weighted by molar-refractivity contribution is 9.10. The smallest absolute Gasteiger partial charge is 0.241 e. The zero-order valence-corrected chi connectivity index (χ0v) is 14.2. The van der Waals surface area contributed by atoms with E-state index in [-0.39, 0.29) is 10.9 Å². The largest absolute Gasteiger partial charge is 0.398 e. The molecule has 1 fully saturated rings. The minimum absolute atomic E-state index is 0.00658. The molecule has 1 aromatic carbocycles. The first-order valence-electron chi connectivity index (χ1n) is 6.91. The molecule has 1 saturated carbocycles. The van der Waals surface area contributed by atoms with Gasteiger partial charge in [-0.1, -0.05) is 35.7 Å². The lowest BCUT2D eigenvalue weighted by Gasteiger charge is -2.18. The van der Waals surface area contributed by atoms with Crippen LogP contribution in [0.5, 0.6) is 0 Å². The Morgan fingerprint density at radius 2 is 2.10 bits per heavy atom. The molecular weight excluding hydrogens is 340 g/mol. The fraction of sp³-hybridized carbons (Fsp3) is 0.571. The van der Waals surface area contributed by atoms with Crippen LogP contribution in [-0.2, 0) is 10.0 Å². The number of nitrogens with two attached hydrogens (primary N) is 1. The summed E-state index contributed by atoms with van der Waals surface area (Å²) in [4.78, 5) is 0.263. The average Bonchev–Trinajstić information content (AvgIpc) is 3.16. The summed E-state index contributed by atoms with van der Waals surface area (Å²) in [6, 6.07) is 3.33. The van der Waals surface area contributed by atoms with Crippen LogP contribution in [0.3, 0.4) is 0 Å². The van der Waals surface area contributed by atoms with Crippen LogP contribution >= 0.6 is 15.9 Å². The molecule has 0 spiro atoms. The number of rotatable bonds is 6. The third kappa shape index (κ3) is 3.74. The highest BCUT2D eigenvalue weighted by Crippen LogP contribution is 2.34. The normalized spacial score (nSPS) is 17.1. The molecule has 1 aliphatic rings. The predicted octanol–water partition coefficient (Wildman–Crippen LogP) is 3.20. The molecule has 1 atom stereocenters.